The minimum Gasteiger partial charge on any atom is -0.382 e. The highest BCUT2D eigenvalue weighted by molar-refractivity contribution is 6.20. The molecule has 1 aromatic rings. The van der Waals surface area contributed by atoms with Crippen molar-refractivity contribution in [1.29, 1.82) is 0 Å². The number of para-hydroxylation sites is 1. The van der Waals surface area contributed by atoms with Crippen molar-refractivity contribution in [1.82, 2.24) is 9.80 Å². The average molecular weight is 311 g/mol. The maximum absolute atomic E-state index is 6.00. The summed E-state index contributed by atoms with van der Waals surface area (Å²) in [6, 6.07) is 9.56. The van der Waals surface area contributed by atoms with Crippen molar-refractivity contribution in [2.24, 2.45) is 25.7 Å². The second-order valence-electron chi connectivity index (χ2n) is 5.38. The van der Waals surface area contributed by atoms with Crippen molar-refractivity contribution in [2.45, 2.75) is 0 Å². The van der Waals surface area contributed by atoms with E-state index in [2.05, 4.69) is 20.0 Å². The minimum absolute atomic E-state index is 0.309. The van der Waals surface area contributed by atoms with Gasteiger partial charge in [0.05, 0.1) is 18.4 Å². The van der Waals surface area contributed by atoms with Crippen LogP contribution < -0.4 is 5.73 Å². The second-order valence-corrected chi connectivity index (χ2v) is 5.38. The quantitative estimate of drug-likeness (QED) is 0.660. The Hall–Kier alpha value is -2.96. The molecule has 0 saturated heterocycles. The fourth-order valence-corrected chi connectivity index (χ4v) is 1.74. The van der Waals surface area contributed by atoms with Gasteiger partial charge in [0.2, 0.25) is 0 Å². The van der Waals surface area contributed by atoms with Gasteiger partial charge in [-0.1, -0.05) is 18.2 Å². The zero-order valence-electron chi connectivity index (χ0n) is 13.8. The third-order valence-electron chi connectivity index (χ3n) is 2.73. The Bertz CT molecular complexity index is 694. The van der Waals surface area contributed by atoms with E-state index >= 15 is 0 Å². The van der Waals surface area contributed by atoms with Gasteiger partial charge in [0, 0.05) is 28.2 Å². The summed E-state index contributed by atoms with van der Waals surface area (Å²) in [7, 11) is 7.54. The summed E-state index contributed by atoms with van der Waals surface area (Å²) in [6.45, 7) is 0. The molecule has 1 aromatic carbocycles. The summed E-state index contributed by atoms with van der Waals surface area (Å²) in [5.74, 6) is 0.765. The molecule has 0 radical (unpaired) electrons. The summed E-state index contributed by atoms with van der Waals surface area (Å²) < 4.78 is 0. The molecule has 1 aliphatic rings. The van der Waals surface area contributed by atoms with Crippen LogP contribution in [0.2, 0.25) is 0 Å². The van der Waals surface area contributed by atoms with Crippen molar-refractivity contribution in [3.05, 3.63) is 41.7 Å². The molecule has 0 amide bonds. The van der Waals surface area contributed by atoms with E-state index in [0.717, 1.165) is 5.69 Å². The molecule has 0 atom stereocenters. The fourth-order valence-electron chi connectivity index (χ4n) is 1.74. The van der Waals surface area contributed by atoms with Crippen LogP contribution in [0, 0.1) is 0 Å². The number of aliphatic imine (C=N–C) groups is 4. The van der Waals surface area contributed by atoms with Crippen LogP contribution in [0.1, 0.15) is 0 Å². The van der Waals surface area contributed by atoms with E-state index < -0.39 is 0 Å². The molecule has 0 aromatic heterocycles. The van der Waals surface area contributed by atoms with Crippen LogP contribution in [0.25, 0.3) is 0 Å². The third kappa shape index (κ3) is 4.50. The number of hydrogen-bond acceptors (Lipinski definition) is 4. The molecule has 23 heavy (non-hydrogen) atoms. The lowest BCUT2D eigenvalue weighted by atomic mass is 10.3. The van der Waals surface area contributed by atoms with Crippen LogP contribution in [0.5, 0.6) is 0 Å². The molecule has 0 saturated carbocycles. The number of amidine groups is 2. The molecule has 0 unspecified atom stereocenters. The first-order chi connectivity index (χ1) is 11.0. The maximum atomic E-state index is 6.00. The first-order valence-corrected chi connectivity index (χ1v) is 7.11. The number of rotatable bonds is 5. The predicted molar refractivity (Wildman–Crippen MR) is 96.5 cm³/mol. The number of nitrogens with zero attached hydrogens (tertiary/aromatic N) is 6. The van der Waals surface area contributed by atoms with Crippen molar-refractivity contribution in [2.75, 3.05) is 28.2 Å². The molecule has 120 valence electrons. The molecule has 7 heteroatoms. The van der Waals surface area contributed by atoms with E-state index in [4.69, 9.17) is 5.73 Å². The van der Waals surface area contributed by atoms with E-state index in [9.17, 15) is 0 Å². The Morgan fingerprint density at radius 1 is 0.913 bits per heavy atom. The molecular formula is C16H21N7. The fraction of sp³-hybridized carbons (Fsp3) is 0.250. The van der Waals surface area contributed by atoms with Gasteiger partial charge >= 0.3 is 0 Å². The normalized spacial score (nSPS) is 16.7. The highest BCUT2D eigenvalue weighted by atomic mass is 15.2. The van der Waals surface area contributed by atoms with Crippen molar-refractivity contribution in [3.63, 3.8) is 0 Å². The lowest BCUT2D eigenvalue weighted by Crippen LogP contribution is -2.14. The van der Waals surface area contributed by atoms with Gasteiger partial charge in [-0.15, -0.1) is 0 Å². The summed E-state index contributed by atoms with van der Waals surface area (Å²) in [5.41, 5.74) is 7.86. The second kappa shape index (κ2) is 7.35. The van der Waals surface area contributed by atoms with Gasteiger partial charge in [0.15, 0.2) is 11.7 Å². The van der Waals surface area contributed by atoms with Gasteiger partial charge in [0.25, 0.3) is 0 Å². The van der Waals surface area contributed by atoms with Gasteiger partial charge in [0.1, 0.15) is 11.4 Å². The van der Waals surface area contributed by atoms with Crippen LogP contribution in [-0.2, 0) is 0 Å². The summed E-state index contributed by atoms with van der Waals surface area (Å²) >= 11 is 0. The average Bonchev–Trinajstić information content (AvgIpc) is 2.79. The monoisotopic (exact) mass is 311 g/mol. The SMILES string of the molecule is CN(C)C=NC1=C(N=CN(C)C)C(=Nc2ccccc2)N=C1N. The van der Waals surface area contributed by atoms with Gasteiger partial charge in [-0.3, -0.25) is 0 Å². The zero-order valence-corrected chi connectivity index (χ0v) is 13.8. The summed E-state index contributed by atoms with van der Waals surface area (Å²) in [6.07, 6.45) is 3.34. The Morgan fingerprint density at radius 3 is 2.04 bits per heavy atom. The largest absolute Gasteiger partial charge is 0.382 e. The predicted octanol–water partition coefficient (Wildman–Crippen LogP) is 1.48. The van der Waals surface area contributed by atoms with E-state index in [1.54, 1.807) is 12.7 Å². The number of nitrogens with two attached hydrogens (primary N) is 1. The maximum Gasteiger partial charge on any atom is 0.183 e. The van der Waals surface area contributed by atoms with E-state index in [1.807, 2.05) is 68.3 Å². The molecule has 1 heterocycles. The van der Waals surface area contributed by atoms with Gasteiger partial charge in [-0.25, -0.2) is 20.0 Å². The van der Waals surface area contributed by atoms with Crippen LogP contribution in [0.3, 0.4) is 0 Å². The smallest absolute Gasteiger partial charge is 0.183 e. The Kier molecular flexibility index (Phi) is 5.24. The highest BCUT2D eigenvalue weighted by Gasteiger charge is 2.23. The molecule has 0 bridgehead atoms. The first-order valence-electron chi connectivity index (χ1n) is 7.11. The molecule has 2 rings (SSSR count). The van der Waals surface area contributed by atoms with Crippen LogP contribution in [0.4, 0.5) is 5.69 Å². The van der Waals surface area contributed by atoms with Gasteiger partial charge in [-0.05, 0) is 12.1 Å². The minimum atomic E-state index is 0.309. The third-order valence-corrected chi connectivity index (χ3v) is 2.73. The molecule has 0 fully saturated rings. The Labute approximate surface area is 136 Å². The highest BCUT2D eigenvalue weighted by Crippen LogP contribution is 2.22. The summed E-state index contributed by atoms with van der Waals surface area (Å²) in [5, 5.41) is 0. The van der Waals surface area contributed by atoms with Crippen LogP contribution >= 0.6 is 0 Å². The van der Waals surface area contributed by atoms with Crippen LogP contribution in [0.15, 0.2) is 61.7 Å². The molecule has 7 nitrogen and oxygen atoms in total. The zero-order chi connectivity index (χ0) is 16.8. The number of hydrogen-bond donors (Lipinski definition) is 1. The van der Waals surface area contributed by atoms with E-state index in [0.29, 0.717) is 23.1 Å². The Morgan fingerprint density at radius 2 is 1.48 bits per heavy atom. The van der Waals surface area contributed by atoms with Crippen molar-refractivity contribution < 1.29 is 0 Å². The van der Waals surface area contributed by atoms with E-state index in [1.165, 1.54) is 0 Å². The topological polar surface area (TPSA) is 81.9 Å². The lowest BCUT2D eigenvalue weighted by molar-refractivity contribution is 0.641. The van der Waals surface area contributed by atoms with Gasteiger partial charge < -0.3 is 15.5 Å². The van der Waals surface area contributed by atoms with E-state index in [-0.39, 0.29) is 0 Å². The molecular weight excluding hydrogens is 290 g/mol. The molecule has 2 N–H and O–H groups in total. The standard InChI is InChI=1S/C16H21N7/c1-22(2)10-18-13-14(19-11-23(3)4)16(21-15(13)17)20-12-8-6-5-7-9-12/h5-11H,1-4H3,(H2,17,20,21). The molecule has 0 spiro atoms. The van der Waals surface area contributed by atoms with Crippen molar-refractivity contribution >= 4 is 30.0 Å². The lowest BCUT2D eigenvalue weighted by Gasteiger charge is -2.05. The Balaban J connectivity index is 2.47. The summed E-state index contributed by atoms with van der Waals surface area (Å²) in [4.78, 5) is 21.3. The first kappa shape index (κ1) is 16.4. The van der Waals surface area contributed by atoms with Crippen molar-refractivity contribution in [3.8, 4) is 0 Å². The van der Waals surface area contributed by atoms with Crippen LogP contribution in [-0.4, -0.2) is 62.3 Å². The number of benzene rings is 1. The van der Waals surface area contributed by atoms with Gasteiger partial charge in [-0.2, -0.15) is 0 Å². The molecule has 1 aliphatic heterocycles. The molecule has 0 aliphatic carbocycles.